The Hall–Kier alpha value is -6.19. The lowest BCUT2D eigenvalue weighted by atomic mass is 9.87. The number of nitrogens with zero attached hydrogens (tertiary/aromatic N) is 4. The molecule has 66 heavy (non-hydrogen) atoms. The van der Waals surface area contributed by atoms with Crippen molar-refractivity contribution in [2.24, 2.45) is 5.11 Å². The maximum absolute atomic E-state index is 14.0. The molecular formula is C51H61N5O10. The van der Waals surface area contributed by atoms with Gasteiger partial charge >= 0.3 is 5.97 Å². The molecule has 0 radical (unpaired) electrons. The summed E-state index contributed by atoms with van der Waals surface area (Å²) in [5.41, 5.74) is 13.9. The summed E-state index contributed by atoms with van der Waals surface area (Å²) in [6.07, 6.45) is 3.81. The minimum absolute atomic E-state index is 0.0425. The van der Waals surface area contributed by atoms with E-state index in [0.29, 0.717) is 78.0 Å². The molecule has 0 aliphatic heterocycles. The Morgan fingerprint density at radius 1 is 0.742 bits per heavy atom. The smallest absolute Gasteiger partial charge is 0.303 e. The average Bonchev–Trinajstić information content (AvgIpc) is 3.32. The predicted molar refractivity (Wildman–Crippen MR) is 251 cm³/mol. The summed E-state index contributed by atoms with van der Waals surface area (Å²) in [7, 11) is 0. The first-order valence-electron chi connectivity index (χ1n) is 22.4. The van der Waals surface area contributed by atoms with Crippen molar-refractivity contribution in [1.29, 1.82) is 0 Å². The highest BCUT2D eigenvalue weighted by molar-refractivity contribution is 6.00. The molecule has 1 heterocycles. The number of ether oxygens (including phenoxy) is 6. The summed E-state index contributed by atoms with van der Waals surface area (Å²) in [5.74, 6) is -1.49. The normalized spacial score (nSPS) is 12.0. The number of nitrogens with one attached hydrogen (secondary N) is 1. The van der Waals surface area contributed by atoms with E-state index in [1.54, 1.807) is 6.20 Å². The number of fused-ring (bicyclic) bond motifs is 1. The third-order valence-electron chi connectivity index (χ3n) is 10.6. The topological polar surface area (TPSA) is 200 Å². The van der Waals surface area contributed by atoms with Crippen LogP contribution >= 0.6 is 0 Å². The zero-order valence-corrected chi connectivity index (χ0v) is 37.7. The number of carboxylic acid groups (broad SMARTS) is 1. The number of ketones is 1. The van der Waals surface area contributed by atoms with Gasteiger partial charge in [-0.05, 0) is 83.1 Å². The van der Waals surface area contributed by atoms with E-state index in [1.165, 1.54) is 0 Å². The van der Waals surface area contributed by atoms with Gasteiger partial charge in [-0.1, -0.05) is 90.0 Å². The van der Waals surface area contributed by atoms with Gasteiger partial charge in [-0.25, -0.2) is 0 Å². The molecule has 4 aromatic carbocycles. The van der Waals surface area contributed by atoms with Crippen LogP contribution in [0.25, 0.3) is 32.3 Å². The van der Waals surface area contributed by atoms with Gasteiger partial charge < -0.3 is 38.8 Å². The predicted octanol–water partition coefficient (Wildman–Crippen LogP) is 8.60. The standard InChI is InChI=1S/C51H61N5O10/c1-38-21-22-53-43(33-38)11-5-8-14-50(58)55-47(37-65-36-39-9-3-2-4-10-39)48(57)34-42(35-51(59)60)40-15-17-41(18-16-40)44-19-20-49(46-13-7-6-12-45(44)46)66-32-31-64-30-29-63-28-27-62-26-25-61-24-23-54-56-52/h2-4,6-7,9-10,12-13,15-22,33,42,47H,5,8,11,14,23-32,34-37H2,1H3,(H,55,58)(H,59,60)/t42-,47-/m0/s1. The number of rotatable bonds is 33. The van der Waals surface area contributed by atoms with Crippen LogP contribution in [0.15, 0.2) is 114 Å². The van der Waals surface area contributed by atoms with Crippen LogP contribution in [-0.4, -0.2) is 106 Å². The average molecular weight is 904 g/mol. The maximum Gasteiger partial charge on any atom is 0.303 e. The van der Waals surface area contributed by atoms with E-state index < -0.39 is 17.9 Å². The molecule has 0 saturated carbocycles. The van der Waals surface area contributed by atoms with Crippen LogP contribution in [0.5, 0.6) is 5.75 Å². The number of hydrogen-bond acceptors (Lipinski definition) is 11. The van der Waals surface area contributed by atoms with Crippen molar-refractivity contribution < 1.29 is 47.9 Å². The van der Waals surface area contributed by atoms with Crippen molar-refractivity contribution in [3.8, 4) is 16.9 Å². The fraction of sp³-hybridized carbons (Fsp3) is 0.412. The van der Waals surface area contributed by atoms with Crippen LogP contribution in [0.1, 0.15) is 60.4 Å². The largest absolute Gasteiger partial charge is 0.491 e. The number of benzene rings is 4. The number of aliphatic carboxylic acids is 1. The maximum atomic E-state index is 14.0. The Kier molecular flexibility index (Phi) is 22.6. The highest BCUT2D eigenvalue weighted by Gasteiger charge is 2.27. The molecule has 350 valence electrons. The van der Waals surface area contributed by atoms with Crippen LogP contribution < -0.4 is 10.1 Å². The van der Waals surface area contributed by atoms with Crippen molar-refractivity contribution in [3.63, 3.8) is 0 Å². The van der Waals surface area contributed by atoms with Crippen molar-refractivity contribution in [2.45, 2.75) is 64.0 Å². The Morgan fingerprint density at radius 2 is 1.41 bits per heavy atom. The number of hydrogen-bond donors (Lipinski definition) is 2. The van der Waals surface area contributed by atoms with Crippen LogP contribution in [-0.2, 0) is 51.1 Å². The van der Waals surface area contributed by atoms with Crippen LogP contribution in [0.2, 0.25) is 0 Å². The number of carbonyl (C=O) groups excluding carboxylic acids is 2. The molecule has 15 heteroatoms. The minimum Gasteiger partial charge on any atom is -0.491 e. The molecule has 1 amide bonds. The van der Waals surface area contributed by atoms with Gasteiger partial charge in [-0.2, -0.15) is 0 Å². The molecule has 5 rings (SSSR count). The fourth-order valence-electron chi connectivity index (χ4n) is 7.29. The number of Topliss-reactive ketones (excluding diaryl/α,β-unsaturated/α-hetero) is 1. The van der Waals surface area contributed by atoms with E-state index in [9.17, 15) is 19.5 Å². The second-order valence-electron chi connectivity index (χ2n) is 15.6. The molecular weight excluding hydrogens is 843 g/mol. The van der Waals surface area contributed by atoms with E-state index in [4.69, 9.17) is 34.0 Å². The second kappa shape index (κ2) is 29.4. The summed E-state index contributed by atoms with van der Waals surface area (Å²) in [6, 6.07) is 32.1. The van der Waals surface area contributed by atoms with Gasteiger partial charge in [0.1, 0.15) is 18.4 Å². The Bertz CT molecular complexity index is 2290. The third kappa shape index (κ3) is 18.4. The molecule has 0 unspecified atom stereocenters. The Labute approximate surface area is 386 Å². The molecule has 1 aromatic heterocycles. The molecule has 0 spiro atoms. The third-order valence-corrected chi connectivity index (χ3v) is 10.6. The molecule has 0 bridgehead atoms. The first kappa shape index (κ1) is 50.8. The summed E-state index contributed by atoms with van der Waals surface area (Å²) in [5, 5.41) is 18.2. The van der Waals surface area contributed by atoms with Gasteiger partial charge in [0.15, 0.2) is 5.78 Å². The zero-order chi connectivity index (χ0) is 46.6. The lowest BCUT2D eigenvalue weighted by Crippen LogP contribution is -2.44. The summed E-state index contributed by atoms with van der Waals surface area (Å²) in [6.45, 7) is 6.19. The summed E-state index contributed by atoms with van der Waals surface area (Å²) < 4.78 is 34.1. The van der Waals surface area contributed by atoms with Crippen molar-refractivity contribution in [1.82, 2.24) is 10.3 Å². The van der Waals surface area contributed by atoms with Crippen molar-refractivity contribution in [3.05, 3.63) is 142 Å². The number of pyridine rings is 1. The van der Waals surface area contributed by atoms with E-state index in [1.807, 2.05) is 110 Å². The Morgan fingerprint density at radius 3 is 2.09 bits per heavy atom. The highest BCUT2D eigenvalue weighted by atomic mass is 16.6. The number of aromatic nitrogens is 1. The van der Waals surface area contributed by atoms with E-state index in [0.717, 1.165) is 57.3 Å². The quantitative estimate of drug-likeness (QED) is 0.0177. The van der Waals surface area contributed by atoms with Crippen molar-refractivity contribution in [2.75, 3.05) is 72.6 Å². The van der Waals surface area contributed by atoms with E-state index >= 15 is 0 Å². The lowest BCUT2D eigenvalue weighted by molar-refractivity contribution is -0.137. The van der Waals surface area contributed by atoms with Crippen LogP contribution in [0.4, 0.5) is 0 Å². The molecule has 0 aliphatic carbocycles. The van der Waals surface area contributed by atoms with Crippen LogP contribution in [0, 0.1) is 6.92 Å². The van der Waals surface area contributed by atoms with Gasteiger partial charge in [0, 0.05) is 47.5 Å². The monoisotopic (exact) mass is 903 g/mol. The van der Waals surface area contributed by atoms with Gasteiger partial charge in [-0.3, -0.25) is 19.4 Å². The number of azide groups is 1. The fourth-order valence-corrected chi connectivity index (χ4v) is 7.29. The number of unbranched alkanes of at least 4 members (excludes halogenated alkanes) is 1. The number of aryl methyl sites for hydroxylation is 2. The van der Waals surface area contributed by atoms with E-state index in [2.05, 4.69) is 20.3 Å². The molecule has 15 nitrogen and oxygen atoms in total. The van der Waals surface area contributed by atoms with Gasteiger partial charge in [-0.15, -0.1) is 0 Å². The minimum atomic E-state index is -1.03. The van der Waals surface area contributed by atoms with Crippen molar-refractivity contribution >= 4 is 28.4 Å². The molecule has 0 fully saturated rings. The molecule has 5 aromatic rings. The van der Waals surface area contributed by atoms with Gasteiger partial charge in [0.05, 0.1) is 72.5 Å². The molecule has 0 saturated heterocycles. The second-order valence-corrected chi connectivity index (χ2v) is 15.6. The lowest BCUT2D eigenvalue weighted by Gasteiger charge is -2.22. The number of carbonyl (C=O) groups is 3. The summed E-state index contributed by atoms with van der Waals surface area (Å²) >= 11 is 0. The number of carboxylic acids is 1. The Balaban J connectivity index is 1.13. The molecule has 2 atom stereocenters. The first-order chi connectivity index (χ1) is 32.3. The highest BCUT2D eigenvalue weighted by Crippen LogP contribution is 2.36. The first-order valence-corrected chi connectivity index (χ1v) is 22.4. The zero-order valence-electron chi connectivity index (χ0n) is 37.7. The molecule has 0 aliphatic rings. The number of amides is 1. The summed E-state index contributed by atoms with van der Waals surface area (Å²) in [4.78, 5) is 46.4. The SMILES string of the molecule is Cc1ccnc(CCCCC(=O)N[C@@H](COCc2ccccc2)C(=O)C[C@@H](CC(=O)O)c2ccc(-c3ccc(OCCOCCOCCOCCOCCN=[N+]=[N-])c4ccccc34)cc2)c1. The van der Waals surface area contributed by atoms with Gasteiger partial charge in [0.2, 0.25) is 5.91 Å². The van der Waals surface area contributed by atoms with E-state index in [-0.39, 0.29) is 44.2 Å². The van der Waals surface area contributed by atoms with Gasteiger partial charge in [0.25, 0.3) is 0 Å². The van der Waals surface area contributed by atoms with Crippen LogP contribution in [0.3, 0.4) is 0 Å². The molecule has 2 N–H and O–H groups in total.